The molecule has 0 saturated carbocycles. The summed E-state index contributed by atoms with van der Waals surface area (Å²) in [5.74, 6) is 0. The molecule has 2 amide bonds. The highest BCUT2D eigenvalue weighted by Crippen LogP contribution is 2.18. The number of methoxy groups -OCH3 is 1. The monoisotopic (exact) mass is 328 g/mol. The Kier molecular flexibility index (Phi) is 6.35. The van der Waals surface area contributed by atoms with Crippen molar-refractivity contribution in [2.45, 2.75) is 25.7 Å². The lowest BCUT2D eigenvalue weighted by atomic mass is 9.96. The van der Waals surface area contributed by atoms with Gasteiger partial charge in [0, 0.05) is 13.7 Å². The third-order valence-corrected chi connectivity index (χ3v) is 3.85. The van der Waals surface area contributed by atoms with Crippen LogP contribution in [0.4, 0.5) is 4.79 Å². The van der Waals surface area contributed by atoms with Crippen LogP contribution in [0, 0.1) is 0 Å². The molecule has 0 saturated heterocycles. The van der Waals surface area contributed by atoms with Gasteiger partial charge in [-0.3, -0.25) is 0 Å². The highest BCUT2D eigenvalue weighted by Gasteiger charge is 2.23. The number of carbonyl (C=O) groups excluding carboxylic acids is 1. The predicted molar refractivity (Wildman–Crippen MR) is 93.4 cm³/mol. The standard InChI is InChI=1S/C19H24N2O3/c1-19(23,17-10-4-3-5-11-17)14-21-18(22)20-12-15-8-6-7-9-16(15)13-24-2/h3-11,23H,12-14H2,1-2H3,(H2,20,21,22)/t19-/m0/s1. The summed E-state index contributed by atoms with van der Waals surface area (Å²) < 4.78 is 5.16. The first-order chi connectivity index (χ1) is 11.5. The van der Waals surface area contributed by atoms with Crippen molar-refractivity contribution in [1.29, 1.82) is 0 Å². The molecule has 2 aromatic carbocycles. The van der Waals surface area contributed by atoms with E-state index in [0.717, 1.165) is 16.7 Å². The first-order valence-electron chi connectivity index (χ1n) is 7.88. The van der Waals surface area contributed by atoms with Gasteiger partial charge in [0.05, 0.1) is 13.2 Å². The van der Waals surface area contributed by atoms with Crippen molar-refractivity contribution in [3.63, 3.8) is 0 Å². The molecule has 2 rings (SSSR count). The lowest BCUT2D eigenvalue weighted by Crippen LogP contribution is -2.43. The third-order valence-electron chi connectivity index (χ3n) is 3.85. The van der Waals surface area contributed by atoms with Crippen molar-refractivity contribution in [2.75, 3.05) is 13.7 Å². The molecule has 3 N–H and O–H groups in total. The van der Waals surface area contributed by atoms with E-state index in [1.807, 2.05) is 54.6 Å². The SMILES string of the molecule is COCc1ccccc1CNC(=O)NC[C@](C)(O)c1ccccc1. The molecule has 1 atom stereocenters. The Morgan fingerprint density at radius 1 is 1.04 bits per heavy atom. The molecule has 5 heteroatoms. The fourth-order valence-corrected chi connectivity index (χ4v) is 2.42. The lowest BCUT2D eigenvalue weighted by molar-refractivity contribution is 0.0594. The fraction of sp³-hybridized carbons (Fsp3) is 0.316. The van der Waals surface area contributed by atoms with Crippen molar-refractivity contribution < 1.29 is 14.6 Å². The molecule has 5 nitrogen and oxygen atoms in total. The topological polar surface area (TPSA) is 70.6 Å². The number of ether oxygens (including phenoxy) is 1. The molecule has 24 heavy (non-hydrogen) atoms. The summed E-state index contributed by atoms with van der Waals surface area (Å²) in [6.45, 7) is 2.71. The van der Waals surface area contributed by atoms with Gasteiger partial charge in [0.25, 0.3) is 0 Å². The molecule has 0 aliphatic rings. The zero-order valence-corrected chi connectivity index (χ0v) is 14.1. The molecule has 0 bridgehead atoms. The second-order valence-corrected chi connectivity index (χ2v) is 5.88. The number of nitrogens with one attached hydrogen (secondary N) is 2. The van der Waals surface area contributed by atoms with Gasteiger partial charge in [-0.1, -0.05) is 54.6 Å². The average molecular weight is 328 g/mol. The van der Waals surface area contributed by atoms with E-state index in [2.05, 4.69) is 10.6 Å². The molecule has 0 spiro atoms. The largest absolute Gasteiger partial charge is 0.384 e. The molecule has 0 fully saturated rings. The van der Waals surface area contributed by atoms with Crippen LogP contribution in [0.1, 0.15) is 23.6 Å². The molecule has 0 aromatic heterocycles. The minimum Gasteiger partial charge on any atom is -0.384 e. The molecule has 0 heterocycles. The van der Waals surface area contributed by atoms with Crippen LogP contribution < -0.4 is 10.6 Å². The maximum atomic E-state index is 12.0. The number of amides is 2. The Hall–Kier alpha value is -2.37. The van der Waals surface area contributed by atoms with E-state index in [4.69, 9.17) is 4.74 Å². The van der Waals surface area contributed by atoms with Gasteiger partial charge in [-0.25, -0.2) is 4.79 Å². The van der Waals surface area contributed by atoms with Crippen molar-refractivity contribution in [3.05, 3.63) is 71.3 Å². The second-order valence-electron chi connectivity index (χ2n) is 5.88. The first kappa shape index (κ1) is 18.0. The summed E-state index contributed by atoms with van der Waals surface area (Å²) in [7, 11) is 1.64. The summed E-state index contributed by atoms with van der Waals surface area (Å²) in [5.41, 5.74) is 1.68. The minimum absolute atomic E-state index is 0.128. The summed E-state index contributed by atoms with van der Waals surface area (Å²) in [6, 6.07) is 16.7. The van der Waals surface area contributed by atoms with E-state index in [9.17, 15) is 9.90 Å². The summed E-state index contributed by atoms with van der Waals surface area (Å²) >= 11 is 0. The van der Waals surface area contributed by atoms with E-state index < -0.39 is 5.60 Å². The van der Waals surface area contributed by atoms with Crippen LogP contribution in [0.5, 0.6) is 0 Å². The van der Waals surface area contributed by atoms with Gasteiger partial charge in [-0.05, 0) is 23.6 Å². The zero-order chi connectivity index (χ0) is 17.4. The van der Waals surface area contributed by atoms with E-state index in [1.165, 1.54) is 0 Å². The maximum Gasteiger partial charge on any atom is 0.315 e. The van der Waals surface area contributed by atoms with Crippen molar-refractivity contribution in [3.8, 4) is 0 Å². The van der Waals surface area contributed by atoms with Gasteiger partial charge in [0.2, 0.25) is 0 Å². The smallest absolute Gasteiger partial charge is 0.315 e. The molecule has 2 aromatic rings. The Balaban J connectivity index is 1.86. The Bertz CT molecular complexity index is 657. The van der Waals surface area contributed by atoms with Crippen LogP contribution in [0.25, 0.3) is 0 Å². The number of hydrogen-bond acceptors (Lipinski definition) is 3. The van der Waals surface area contributed by atoms with Gasteiger partial charge < -0.3 is 20.5 Å². The summed E-state index contributed by atoms with van der Waals surface area (Å²) in [6.07, 6.45) is 0. The van der Waals surface area contributed by atoms with E-state index in [-0.39, 0.29) is 12.6 Å². The zero-order valence-electron chi connectivity index (χ0n) is 14.1. The molecule has 0 radical (unpaired) electrons. The maximum absolute atomic E-state index is 12.0. The highest BCUT2D eigenvalue weighted by atomic mass is 16.5. The normalized spacial score (nSPS) is 13.1. The number of hydrogen-bond donors (Lipinski definition) is 3. The number of aliphatic hydroxyl groups is 1. The van der Waals surface area contributed by atoms with Crippen LogP contribution in [-0.4, -0.2) is 24.8 Å². The predicted octanol–water partition coefficient (Wildman–Crippen LogP) is 2.54. The van der Waals surface area contributed by atoms with Crippen molar-refractivity contribution in [2.24, 2.45) is 0 Å². The molecule has 0 aliphatic heterocycles. The van der Waals surface area contributed by atoms with E-state index in [1.54, 1.807) is 14.0 Å². The van der Waals surface area contributed by atoms with E-state index in [0.29, 0.717) is 13.2 Å². The van der Waals surface area contributed by atoms with E-state index >= 15 is 0 Å². The molecular formula is C19H24N2O3. The summed E-state index contributed by atoms with van der Waals surface area (Å²) in [5, 5.41) is 16.0. The van der Waals surface area contributed by atoms with Gasteiger partial charge in [0.15, 0.2) is 0 Å². The lowest BCUT2D eigenvalue weighted by Gasteiger charge is -2.24. The molecular weight excluding hydrogens is 304 g/mol. The van der Waals surface area contributed by atoms with Gasteiger partial charge in [0.1, 0.15) is 5.60 Å². The van der Waals surface area contributed by atoms with Crippen molar-refractivity contribution >= 4 is 6.03 Å². The van der Waals surface area contributed by atoms with Crippen LogP contribution in [0.2, 0.25) is 0 Å². The Morgan fingerprint density at radius 2 is 1.67 bits per heavy atom. The number of urea groups is 1. The molecule has 128 valence electrons. The van der Waals surface area contributed by atoms with Gasteiger partial charge in [-0.2, -0.15) is 0 Å². The van der Waals surface area contributed by atoms with Crippen LogP contribution >= 0.6 is 0 Å². The second kappa shape index (κ2) is 8.47. The average Bonchev–Trinajstić information content (AvgIpc) is 2.60. The van der Waals surface area contributed by atoms with Crippen LogP contribution in [0.15, 0.2) is 54.6 Å². The quantitative estimate of drug-likeness (QED) is 0.731. The first-order valence-corrected chi connectivity index (χ1v) is 7.88. The minimum atomic E-state index is -1.12. The van der Waals surface area contributed by atoms with Crippen LogP contribution in [-0.2, 0) is 23.5 Å². The third kappa shape index (κ3) is 5.08. The van der Waals surface area contributed by atoms with Crippen molar-refractivity contribution in [1.82, 2.24) is 10.6 Å². The van der Waals surface area contributed by atoms with Gasteiger partial charge in [-0.15, -0.1) is 0 Å². The number of benzene rings is 2. The Labute approximate surface area is 142 Å². The summed E-state index contributed by atoms with van der Waals surface area (Å²) in [4.78, 5) is 12.0. The molecule has 0 aliphatic carbocycles. The number of rotatable bonds is 7. The molecule has 0 unspecified atom stereocenters. The highest BCUT2D eigenvalue weighted by molar-refractivity contribution is 5.74. The number of carbonyl (C=O) groups is 1. The van der Waals surface area contributed by atoms with Crippen LogP contribution in [0.3, 0.4) is 0 Å². The Morgan fingerprint density at radius 3 is 2.33 bits per heavy atom. The van der Waals surface area contributed by atoms with Gasteiger partial charge >= 0.3 is 6.03 Å². The fourth-order valence-electron chi connectivity index (χ4n) is 2.42.